The number of oxazole rings is 1. The second-order valence-corrected chi connectivity index (χ2v) is 7.35. The first-order valence-corrected chi connectivity index (χ1v) is 9.45. The number of likely N-dealkylation sites (tertiary alicyclic amines) is 1. The maximum absolute atomic E-state index is 12.4. The van der Waals surface area contributed by atoms with Crippen LogP contribution in [-0.4, -0.2) is 34.8 Å². The van der Waals surface area contributed by atoms with Gasteiger partial charge < -0.3 is 14.1 Å². The monoisotopic (exact) mass is 420 g/mol. The predicted molar refractivity (Wildman–Crippen MR) is 103 cm³/mol. The van der Waals surface area contributed by atoms with E-state index in [0.29, 0.717) is 36.3 Å². The van der Waals surface area contributed by atoms with Gasteiger partial charge in [0.05, 0.1) is 5.52 Å². The molecule has 2 heterocycles. The SMILES string of the molecule is CC(=O)N1CC[C@@H](Cn2c(=O)oc3ccc(-c4ccc(OC(F)(F)F)cc4)cc32)C1. The largest absolute Gasteiger partial charge is 0.573 e. The molecule has 6 nitrogen and oxygen atoms in total. The van der Waals surface area contributed by atoms with Crippen molar-refractivity contribution < 1.29 is 27.1 Å². The number of ether oxygens (including phenoxy) is 1. The molecular weight excluding hydrogens is 401 g/mol. The van der Waals surface area contributed by atoms with Crippen molar-refractivity contribution in [3.8, 4) is 16.9 Å². The maximum Gasteiger partial charge on any atom is 0.573 e. The van der Waals surface area contributed by atoms with Crippen LogP contribution >= 0.6 is 0 Å². The third kappa shape index (κ3) is 4.19. The van der Waals surface area contributed by atoms with Crippen molar-refractivity contribution in [2.45, 2.75) is 26.3 Å². The summed E-state index contributed by atoms with van der Waals surface area (Å²) >= 11 is 0. The van der Waals surface area contributed by atoms with Crippen LogP contribution in [0.2, 0.25) is 0 Å². The average molecular weight is 420 g/mol. The zero-order valence-electron chi connectivity index (χ0n) is 16.1. The third-order valence-corrected chi connectivity index (χ3v) is 5.26. The van der Waals surface area contributed by atoms with Crippen molar-refractivity contribution >= 4 is 17.0 Å². The van der Waals surface area contributed by atoms with E-state index >= 15 is 0 Å². The summed E-state index contributed by atoms with van der Waals surface area (Å²) in [6.07, 6.45) is -3.94. The highest BCUT2D eigenvalue weighted by Crippen LogP contribution is 2.29. The quantitative estimate of drug-likeness (QED) is 0.639. The van der Waals surface area contributed by atoms with Crippen LogP contribution < -0.4 is 10.5 Å². The fourth-order valence-electron chi connectivity index (χ4n) is 3.79. The van der Waals surface area contributed by atoms with Gasteiger partial charge in [-0.05, 0) is 47.7 Å². The first-order chi connectivity index (χ1) is 14.2. The van der Waals surface area contributed by atoms with Gasteiger partial charge in [-0.3, -0.25) is 9.36 Å². The molecule has 1 atom stereocenters. The molecule has 1 saturated heterocycles. The number of fused-ring (bicyclic) bond motifs is 1. The lowest BCUT2D eigenvalue weighted by molar-refractivity contribution is -0.274. The minimum atomic E-state index is -4.74. The molecule has 158 valence electrons. The Morgan fingerprint density at radius 3 is 2.50 bits per heavy atom. The van der Waals surface area contributed by atoms with Crippen molar-refractivity contribution in [3.63, 3.8) is 0 Å². The minimum Gasteiger partial charge on any atom is -0.408 e. The van der Waals surface area contributed by atoms with E-state index in [2.05, 4.69) is 4.74 Å². The number of carbonyl (C=O) groups excluding carboxylic acids is 1. The number of carbonyl (C=O) groups is 1. The van der Waals surface area contributed by atoms with Gasteiger partial charge in [-0.1, -0.05) is 18.2 Å². The molecule has 1 aromatic heterocycles. The van der Waals surface area contributed by atoms with Crippen LogP contribution in [0.5, 0.6) is 5.75 Å². The average Bonchev–Trinajstić information content (AvgIpc) is 3.26. The smallest absolute Gasteiger partial charge is 0.408 e. The molecule has 1 aliphatic heterocycles. The summed E-state index contributed by atoms with van der Waals surface area (Å²) in [5.41, 5.74) is 2.44. The molecule has 1 aliphatic rings. The molecule has 0 unspecified atom stereocenters. The van der Waals surface area contributed by atoms with E-state index in [9.17, 15) is 22.8 Å². The summed E-state index contributed by atoms with van der Waals surface area (Å²) in [6, 6.07) is 10.7. The highest BCUT2D eigenvalue weighted by Gasteiger charge is 2.31. The molecule has 4 rings (SSSR count). The Morgan fingerprint density at radius 1 is 1.17 bits per heavy atom. The second kappa shape index (κ2) is 7.55. The number of benzene rings is 2. The number of alkyl halides is 3. The highest BCUT2D eigenvalue weighted by atomic mass is 19.4. The molecule has 0 N–H and O–H groups in total. The van der Waals surface area contributed by atoms with Gasteiger partial charge in [0.15, 0.2) is 5.58 Å². The van der Waals surface area contributed by atoms with E-state index in [1.165, 1.54) is 31.2 Å². The summed E-state index contributed by atoms with van der Waals surface area (Å²) < 4.78 is 47.8. The molecule has 3 aromatic rings. The van der Waals surface area contributed by atoms with Crippen LogP contribution in [-0.2, 0) is 11.3 Å². The lowest BCUT2D eigenvalue weighted by Crippen LogP contribution is -2.27. The molecule has 30 heavy (non-hydrogen) atoms. The number of nitrogens with zero attached hydrogens (tertiary/aromatic N) is 2. The Kier molecular flexibility index (Phi) is 5.05. The molecule has 0 bridgehead atoms. The highest BCUT2D eigenvalue weighted by molar-refractivity contribution is 5.80. The van der Waals surface area contributed by atoms with Gasteiger partial charge in [0.2, 0.25) is 5.91 Å². The predicted octanol–water partition coefficient (Wildman–Crippen LogP) is 4.03. The van der Waals surface area contributed by atoms with Crippen LogP contribution in [0.4, 0.5) is 13.2 Å². The van der Waals surface area contributed by atoms with Gasteiger partial charge in [-0.2, -0.15) is 0 Å². The van der Waals surface area contributed by atoms with Crippen LogP contribution in [0.15, 0.2) is 51.7 Å². The number of halogens is 3. The van der Waals surface area contributed by atoms with Crippen molar-refractivity contribution in [2.75, 3.05) is 13.1 Å². The van der Waals surface area contributed by atoms with Crippen LogP contribution in [0, 0.1) is 5.92 Å². The van der Waals surface area contributed by atoms with E-state index in [1.54, 1.807) is 27.7 Å². The summed E-state index contributed by atoms with van der Waals surface area (Å²) in [4.78, 5) is 25.7. The zero-order chi connectivity index (χ0) is 21.5. The molecule has 0 saturated carbocycles. The van der Waals surface area contributed by atoms with Crippen molar-refractivity contribution in [1.82, 2.24) is 9.47 Å². The summed E-state index contributed by atoms with van der Waals surface area (Å²) in [6.45, 7) is 3.22. The van der Waals surface area contributed by atoms with E-state index < -0.39 is 12.1 Å². The van der Waals surface area contributed by atoms with Crippen LogP contribution in [0.3, 0.4) is 0 Å². The first-order valence-electron chi connectivity index (χ1n) is 9.45. The zero-order valence-corrected chi connectivity index (χ0v) is 16.1. The topological polar surface area (TPSA) is 64.7 Å². The Balaban J connectivity index is 1.60. The Bertz CT molecular complexity index is 1130. The second-order valence-electron chi connectivity index (χ2n) is 7.35. The molecule has 0 radical (unpaired) electrons. The molecule has 0 aliphatic carbocycles. The van der Waals surface area contributed by atoms with Crippen LogP contribution in [0.25, 0.3) is 22.2 Å². The summed E-state index contributed by atoms with van der Waals surface area (Å²) in [7, 11) is 0. The molecule has 2 aromatic carbocycles. The molecular formula is C21H19F3N2O4. The van der Waals surface area contributed by atoms with Gasteiger partial charge >= 0.3 is 12.1 Å². The van der Waals surface area contributed by atoms with E-state index in [-0.39, 0.29) is 17.6 Å². The summed E-state index contributed by atoms with van der Waals surface area (Å²) in [5.74, 6) is -0.613. The van der Waals surface area contributed by atoms with Gasteiger partial charge in [0.1, 0.15) is 5.75 Å². The Morgan fingerprint density at radius 2 is 1.87 bits per heavy atom. The maximum atomic E-state index is 12.4. The third-order valence-electron chi connectivity index (χ3n) is 5.26. The lowest BCUT2D eigenvalue weighted by Gasteiger charge is -2.14. The fourth-order valence-corrected chi connectivity index (χ4v) is 3.79. The number of aromatic nitrogens is 1. The van der Waals surface area contributed by atoms with Crippen molar-refractivity contribution in [3.05, 3.63) is 53.0 Å². The Hall–Kier alpha value is -3.23. The van der Waals surface area contributed by atoms with Crippen molar-refractivity contribution in [2.24, 2.45) is 5.92 Å². The summed E-state index contributed by atoms with van der Waals surface area (Å²) in [5, 5.41) is 0. The van der Waals surface area contributed by atoms with Crippen LogP contribution in [0.1, 0.15) is 13.3 Å². The van der Waals surface area contributed by atoms with Gasteiger partial charge in [0, 0.05) is 26.6 Å². The normalized spacial score (nSPS) is 16.9. The van der Waals surface area contributed by atoms with Gasteiger partial charge in [-0.15, -0.1) is 13.2 Å². The minimum absolute atomic E-state index is 0.0159. The Labute approximate surface area is 169 Å². The molecule has 1 fully saturated rings. The molecule has 1 amide bonds. The first kappa shape index (κ1) is 20.1. The number of hydrogen-bond donors (Lipinski definition) is 0. The standard InChI is InChI=1S/C21H19F3N2O4/c1-13(27)25-9-8-14(11-25)12-26-18-10-16(4-7-19(18)29-20(26)28)15-2-5-17(6-3-15)30-21(22,23)24/h2-7,10,14H,8-9,11-12H2,1H3/t14-/m1/s1. The fraction of sp³-hybridized carbons (Fsp3) is 0.333. The molecule has 0 spiro atoms. The van der Waals surface area contributed by atoms with E-state index in [1.807, 2.05) is 0 Å². The van der Waals surface area contributed by atoms with E-state index in [0.717, 1.165) is 12.0 Å². The number of hydrogen-bond acceptors (Lipinski definition) is 4. The molecule has 9 heteroatoms. The van der Waals surface area contributed by atoms with Gasteiger partial charge in [0.25, 0.3) is 0 Å². The van der Waals surface area contributed by atoms with Gasteiger partial charge in [-0.25, -0.2) is 4.79 Å². The lowest BCUT2D eigenvalue weighted by atomic mass is 10.0. The number of amides is 1. The van der Waals surface area contributed by atoms with Crippen molar-refractivity contribution in [1.29, 1.82) is 0 Å². The number of rotatable bonds is 4. The van der Waals surface area contributed by atoms with E-state index in [4.69, 9.17) is 4.42 Å².